The molecule has 34 heavy (non-hydrogen) atoms. The monoisotopic (exact) mass is 487 g/mol. The zero-order valence-corrected chi connectivity index (χ0v) is 21.3. The lowest BCUT2D eigenvalue weighted by molar-refractivity contribution is -0.143. The van der Waals surface area contributed by atoms with Gasteiger partial charge in [0.1, 0.15) is 12.1 Å². The number of anilines is 1. The van der Waals surface area contributed by atoms with Crippen LogP contribution < -0.4 is 15.8 Å². The van der Waals surface area contributed by atoms with Crippen LogP contribution in [-0.2, 0) is 14.4 Å². The van der Waals surface area contributed by atoms with E-state index in [0.29, 0.717) is 0 Å². The summed E-state index contributed by atoms with van der Waals surface area (Å²) >= 11 is 1.57. The predicted octanol–water partition coefficient (Wildman–Crippen LogP) is 2.10. The van der Waals surface area contributed by atoms with Gasteiger partial charge in [-0.3, -0.25) is 24.8 Å². The van der Waals surface area contributed by atoms with Crippen LogP contribution in [0.1, 0.15) is 39.8 Å². The van der Waals surface area contributed by atoms with Crippen LogP contribution in [0.5, 0.6) is 0 Å². The number of nitrogens with one attached hydrogen (secondary N) is 2. The van der Waals surface area contributed by atoms with E-state index in [2.05, 4.69) is 15.7 Å². The molecular weight excluding hydrogens is 454 g/mol. The zero-order valence-electron chi connectivity index (χ0n) is 20.5. The number of hydrogen-bond acceptors (Lipinski definition) is 7. The average molecular weight is 488 g/mol. The number of aliphatic hydroxyl groups excluding tert-OH is 1. The standard InChI is InChI=1S/C24H33N5O4S/c1-14-20(34-13-25-14)16-7-9-17(10-8-16)28(6)27-22(32)19-11-18(31)12-29(19)23(33)21(24(3,4)5)26-15(2)30/h7-10,13,18-19,21,31H,11-12H2,1-6H3,(H,26,30)(H,27,32)/t18-,19+,21?/m1/s1. The number of thiazole rings is 1. The number of nitrogens with zero attached hydrogens (tertiary/aromatic N) is 3. The number of hydrazine groups is 1. The molecule has 1 unspecified atom stereocenters. The molecule has 0 aliphatic carbocycles. The van der Waals surface area contributed by atoms with E-state index in [-0.39, 0.29) is 24.8 Å². The summed E-state index contributed by atoms with van der Waals surface area (Å²) in [6.45, 7) is 8.89. The molecule has 1 aliphatic heterocycles. The molecule has 1 aliphatic rings. The minimum Gasteiger partial charge on any atom is -0.391 e. The molecule has 0 radical (unpaired) electrons. The Labute approximate surface area is 204 Å². The van der Waals surface area contributed by atoms with Crippen molar-refractivity contribution in [1.29, 1.82) is 0 Å². The number of hydrogen-bond donors (Lipinski definition) is 3. The van der Waals surface area contributed by atoms with Gasteiger partial charge in [0.05, 0.1) is 27.9 Å². The molecule has 2 aromatic rings. The van der Waals surface area contributed by atoms with E-state index in [1.807, 2.05) is 57.5 Å². The van der Waals surface area contributed by atoms with E-state index < -0.39 is 29.5 Å². The lowest BCUT2D eigenvalue weighted by atomic mass is 9.85. The molecule has 3 N–H and O–H groups in total. The summed E-state index contributed by atoms with van der Waals surface area (Å²) in [4.78, 5) is 44.9. The van der Waals surface area contributed by atoms with Gasteiger partial charge in [-0.25, -0.2) is 4.98 Å². The van der Waals surface area contributed by atoms with Crippen LogP contribution in [0.4, 0.5) is 5.69 Å². The molecule has 0 bridgehead atoms. The molecule has 10 heteroatoms. The van der Waals surface area contributed by atoms with Crippen LogP contribution in [0.2, 0.25) is 0 Å². The molecule has 1 fully saturated rings. The minimum absolute atomic E-state index is 0.0374. The second-order valence-corrected chi connectivity index (χ2v) is 10.6. The minimum atomic E-state index is -0.845. The quantitative estimate of drug-likeness (QED) is 0.538. The third-order valence-corrected chi connectivity index (χ3v) is 6.84. The lowest BCUT2D eigenvalue weighted by Crippen LogP contribution is -2.58. The van der Waals surface area contributed by atoms with Crippen LogP contribution in [0.15, 0.2) is 29.8 Å². The SMILES string of the molecule is CC(=O)NC(C(=O)N1C[C@H](O)C[C@H]1C(=O)NN(C)c1ccc(-c2scnc2C)cc1)C(C)(C)C. The zero-order chi connectivity index (χ0) is 25.2. The van der Waals surface area contributed by atoms with Crippen molar-refractivity contribution in [2.24, 2.45) is 5.41 Å². The summed E-state index contributed by atoms with van der Waals surface area (Å²) in [5, 5.41) is 14.5. The van der Waals surface area contributed by atoms with Gasteiger partial charge in [-0.2, -0.15) is 0 Å². The summed E-state index contributed by atoms with van der Waals surface area (Å²) in [5.74, 6) is -1.11. The highest BCUT2D eigenvalue weighted by Crippen LogP contribution is 2.29. The van der Waals surface area contributed by atoms with Crippen LogP contribution in [0.3, 0.4) is 0 Å². The van der Waals surface area contributed by atoms with Gasteiger partial charge < -0.3 is 15.3 Å². The van der Waals surface area contributed by atoms with E-state index >= 15 is 0 Å². The normalized spacial score (nSPS) is 19.0. The van der Waals surface area contributed by atoms with Crippen molar-refractivity contribution in [3.63, 3.8) is 0 Å². The van der Waals surface area contributed by atoms with Crippen LogP contribution in [0, 0.1) is 12.3 Å². The summed E-state index contributed by atoms with van der Waals surface area (Å²) in [5.41, 5.74) is 6.85. The second-order valence-electron chi connectivity index (χ2n) is 9.74. The Morgan fingerprint density at radius 3 is 2.41 bits per heavy atom. The van der Waals surface area contributed by atoms with Gasteiger partial charge in [0, 0.05) is 26.9 Å². The molecule has 0 spiro atoms. The Kier molecular flexibility index (Phi) is 7.62. The number of aliphatic hydroxyl groups is 1. The maximum Gasteiger partial charge on any atom is 0.261 e. The molecule has 2 heterocycles. The number of aromatic nitrogens is 1. The van der Waals surface area contributed by atoms with E-state index in [4.69, 9.17) is 0 Å². The number of aryl methyl sites for hydroxylation is 1. The number of rotatable bonds is 6. The Morgan fingerprint density at radius 2 is 1.88 bits per heavy atom. The smallest absolute Gasteiger partial charge is 0.261 e. The Hall–Kier alpha value is -2.98. The summed E-state index contributed by atoms with van der Waals surface area (Å²) in [7, 11) is 1.72. The number of amides is 3. The maximum atomic E-state index is 13.3. The number of likely N-dealkylation sites (tertiary alicyclic amines) is 1. The third-order valence-electron chi connectivity index (χ3n) is 5.87. The average Bonchev–Trinajstić information content (AvgIpc) is 3.36. The van der Waals surface area contributed by atoms with Gasteiger partial charge >= 0.3 is 0 Å². The molecular formula is C24H33N5O4S. The molecule has 184 valence electrons. The van der Waals surface area contributed by atoms with Gasteiger partial charge in [0.15, 0.2) is 0 Å². The van der Waals surface area contributed by atoms with Crippen LogP contribution >= 0.6 is 11.3 Å². The van der Waals surface area contributed by atoms with E-state index in [9.17, 15) is 19.5 Å². The molecule has 3 rings (SSSR count). The fourth-order valence-corrected chi connectivity index (χ4v) is 4.86. The van der Waals surface area contributed by atoms with Gasteiger partial charge in [-0.1, -0.05) is 32.9 Å². The molecule has 3 atom stereocenters. The number of carbonyl (C=O) groups excluding carboxylic acids is 3. The van der Waals surface area contributed by atoms with Crippen molar-refractivity contribution >= 4 is 34.7 Å². The van der Waals surface area contributed by atoms with Gasteiger partial charge in [0.2, 0.25) is 11.8 Å². The highest BCUT2D eigenvalue weighted by atomic mass is 32.1. The number of carbonyl (C=O) groups is 3. The second kappa shape index (κ2) is 10.1. The topological polar surface area (TPSA) is 115 Å². The van der Waals surface area contributed by atoms with E-state index in [1.54, 1.807) is 23.4 Å². The number of benzene rings is 1. The van der Waals surface area contributed by atoms with Crippen molar-refractivity contribution in [2.75, 3.05) is 18.6 Å². The van der Waals surface area contributed by atoms with Crippen molar-refractivity contribution in [3.05, 3.63) is 35.5 Å². The Morgan fingerprint density at radius 1 is 1.24 bits per heavy atom. The van der Waals surface area contributed by atoms with Gasteiger partial charge in [-0.15, -0.1) is 11.3 Å². The molecule has 1 saturated heterocycles. The fraction of sp³-hybridized carbons (Fsp3) is 0.500. The fourth-order valence-electron chi connectivity index (χ4n) is 4.04. The Bertz CT molecular complexity index is 1050. The maximum absolute atomic E-state index is 13.3. The van der Waals surface area contributed by atoms with Crippen LogP contribution in [0.25, 0.3) is 10.4 Å². The first kappa shape index (κ1) is 25.6. The largest absolute Gasteiger partial charge is 0.391 e. The van der Waals surface area contributed by atoms with E-state index in [1.165, 1.54) is 11.8 Å². The molecule has 0 saturated carbocycles. The van der Waals surface area contributed by atoms with Crippen LogP contribution in [-0.4, -0.2) is 64.5 Å². The number of β-amino-alcohol motifs (C(OH)–C–C–N with tert-alkyl or cyclic N) is 1. The first-order valence-electron chi connectivity index (χ1n) is 11.2. The molecule has 1 aromatic heterocycles. The molecule has 3 amide bonds. The summed E-state index contributed by atoms with van der Waals surface area (Å²) in [6, 6.07) is 6.07. The highest BCUT2D eigenvalue weighted by Gasteiger charge is 2.44. The van der Waals surface area contributed by atoms with Crippen molar-refractivity contribution < 1.29 is 19.5 Å². The van der Waals surface area contributed by atoms with Gasteiger partial charge in [0.25, 0.3) is 5.91 Å². The first-order chi connectivity index (χ1) is 15.9. The summed E-state index contributed by atoms with van der Waals surface area (Å²) < 4.78 is 0. The van der Waals surface area contributed by atoms with Crippen molar-refractivity contribution in [1.82, 2.24) is 20.6 Å². The lowest BCUT2D eigenvalue weighted by Gasteiger charge is -2.35. The first-order valence-corrected chi connectivity index (χ1v) is 12.1. The van der Waals surface area contributed by atoms with Gasteiger partial charge in [-0.05, 0) is 30.0 Å². The Balaban J connectivity index is 1.72. The van der Waals surface area contributed by atoms with Crippen molar-refractivity contribution in [2.45, 2.75) is 59.2 Å². The molecule has 9 nitrogen and oxygen atoms in total. The highest BCUT2D eigenvalue weighted by molar-refractivity contribution is 7.13. The third kappa shape index (κ3) is 5.74. The van der Waals surface area contributed by atoms with Crippen molar-refractivity contribution in [3.8, 4) is 10.4 Å². The summed E-state index contributed by atoms with van der Waals surface area (Å²) in [6.07, 6.45) is -0.684. The molecule has 1 aromatic carbocycles. The predicted molar refractivity (Wildman–Crippen MR) is 132 cm³/mol. The van der Waals surface area contributed by atoms with E-state index in [0.717, 1.165) is 21.8 Å².